The molecule has 1 amide bonds. The lowest BCUT2D eigenvalue weighted by Gasteiger charge is -2.28. The largest absolute Gasteiger partial charge is 0.481 e. The van der Waals surface area contributed by atoms with E-state index in [0.717, 1.165) is 42.0 Å². The average Bonchev–Trinajstić information content (AvgIpc) is 3.00. The summed E-state index contributed by atoms with van der Waals surface area (Å²) < 4.78 is 21.5. The fourth-order valence-electron chi connectivity index (χ4n) is 5.31. The zero-order chi connectivity index (χ0) is 31.5. The first-order chi connectivity index (χ1) is 21.1. The Morgan fingerprint density at radius 3 is 2.59 bits per heavy atom. The van der Waals surface area contributed by atoms with E-state index in [4.69, 9.17) is 27.9 Å². The van der Waals surface area contributed by atoms with Crippen molar-refractivity contribution in [3.05, 3.63) is 85.8 Å². The van der Waals surface area contributed by atoms with Gasteiger partial charge < -0.3 is 20.5 Å². The van der Waals surface area contributed by atoms with E-state index in [2.05, 4.69) is 25.7 Å². The van der Waals surface area contributed by atoms with Crippen LogP contribution in [-0.2, 0) is 13.6 Å². The van der Waals surface area contributed by atoms with Crippen LogP contribution in [0, 0.1) is 12.7 Å². The Labute approximate surface area is 263 Å². The summed E-state index contributed by atoms with van der Waals surface area (Å²) in [7, 11) is 2.93. The second-order valence-corrected chi connectivity index (χ2v) is 11.3. The van der Waals surface area contributed by atoms with Gasteiger partial charge in [-0.25, -0.2) is 19.0 Å². The van der Waals surface area contributed by atoms with Crippen molar-refractivity contribution in [2.75, 3.05) is 12.4 Å². The number of rotatable bonds is 8. The topological polar surface area (TPSA) is 131 Å². The molecule has 2 aromatic heterocycles. The summed E-state index contributed by atoms with van der Waals surface area (Å²) in [6, 6.07) is 11.1. The molecule has 44 heavy (non-hydrogen) atoms. The Balaban J connectivity index is 1.45. The number of anilines is 1. The first-order valence-electron chi connectivity index (χ1n) is 14.0. The minimum atomic E-state index is -0.863. The number of hydrogen-bond donors (Lipinski definition) is 3. The van der Waals surface area contributed by atoms with Gasteiger partial charge in [0.15, 0.2) is 5.69 Å². The van der Waals surface area contributed by atoms with Crippen molar-refractivity contribution in [1.82, 2.24) is 25.1 Å². The standard InChI is InChI=1S/C31H31Cl2FN6O4/c1-16-36-28(31(43)40(2)39-16)29(42)37-24-14-18(34)13-21(27(24)33)19-7-6-8-20(26(19)32)22-12-11-17(30(38-22)44-3)15-35-23-9-4-5-10-25(23)41/h6-8,11-14,23,25,35,41H,4-5,9-10,15H2,1-3H3,(H,37,42)/t23?,25-/m0/s1. The predicted molar refractivity (Wildman–Crippen MR) is 167 cm³/mol. The summed E-state index contributed by atoms with van der Waals surface area (Å²) in [5, 5.41) is 20.4. The number of benzene rings is 2. The van der Waals surface area contributed by atoms with Gasteiger partial charge in [-0.15, -0.1) is 0 Å². The third kappa shape index (κ3) is 6.61. The van der Waals surface area contributed by atoms with E-state index in [1.807, 2.05) is 12.1 Å². The van der Waals surface area contributed by atoms with Crippen LogP contribution >= 0.6 is 23.2 Å². The number of aliphatic hydroxyl groups excluding tert-OH is 1. The highest BCUT2D eigenvalue weighted by atomic mass is 35.5. The quantitative estimate of drug-likeness (QED) is 0.236. The van der Waals surface area contributed by atoms with E-state index in [9.17, 15) is 19.1 Å². The number of nitrogens with zero attached hydrogens (tertiary/aromatic N) is 4. The van der Waals surface area contributed by atoms with Crippen molar-refractivity contribution in [1.29, 1.82) is 0 Å². The number of aromatic nitrogens is 4. The number of methoxy groups -OCH3 is 1. The minimum Gasteiger partial charge on any atom is -0.481 e. The Morgan fingerprint density at radius 1 is 1.09 bits per heavy atom. The number of carbonyl (C=O) groups is 1. The number of nitrogens with one attached hydrogen (secondary N) is 2. The van der Waals surface area contributed by atoms with Crippen LogP contribution in [0.2, 0.25) is 10.0 Å². The minimum absolute atomic E-state index is 0.0123. The van der Waals surface area contributed by atoms with Gasteiger partial charge in [-0.2, -0.15) is 5.10 Å². The van der Waals surface area contributed by atoms with Crippen LogP contribution in [0.25, 0.3) is 22.4 Å². The van der Waals surface area contributed by atoms with Gasteiger partial charge in [-0.3, -0.25) is 9.59 Å². The molecule has 13 heteroatoms. The molecule has 230 valence electrons. The molecular formula is C31H31Cl2FN6O4. The maximum absolute atomic E-state index is 14.9. The predicted octanol–water partition coefficient (Wildman–Crippen LogP) is 5.31. The van der Waals surface area contributed by atoms with Gasteiger partial charge in [-0.05, 0) is 38.0 Å². The molecule has 1 fully saturated rings. The third-order valence-corrected chi connectivity index (χ3v) is 8.36. The summed E-state index contributed by atoms with van der Waals surface area (Å²) in [5.41, 5.74) is 1.33. The highest BCUT2D eigenvalue weighted by Gasteiger charge is 2.24. The molecule has 1 aliphatic rings. The first kappa shape index (κ1) is 31.5. The maximum atomic E-state index is 14.9. The normalized spacial score (nSPS) is 16.5. The number of pyridine rings is 1. The Hall–Kier alpha value is -3.90. The molecule has 4 aromatic rings. The van der Waals surface area contributed by atoms with Gasteiger partial charge in [0.05, 0.1) is 34.6 Å². The summed E-state index contributed by atoms with van der Waals surface area (Å²) in [4.78, 5) is 34.0. The first-order valence-corrected chi connectivity index (χ1v) is 14.8. The molecule has 3 N–H and O–H groups in total. The molecule has 0 bridgehead atoms. The summed E-state index contributed by atoms with van der Waals surface area (Å²) in [6.45, 7) is 2.01. The molecule has 1 unspecified atom stereocenters. The van der Waals surface area contributed by atoms with Gasteiger partial charge >= 0.3 is 0 Å². The molecule has 2 atom stereocenters. The molecule has 0 aliphatic heterocycles. The van der Waals surface area contributed by atoms with E-state index >= 15 is 0 Å². The number of ether oxygens (including phenoxy) is 1. The molecule has 2 heterocycles. The fourth-order valence-corrected chi connectivity index (χ4v) is 5.89. The molecule has 1 saturated carbocycles. The third-order valence-electron chi connectivity index (χ3n) is 7.55. The molecule has 0 saturated heterocycles. The van der Waals surface area contributed by atoms with E-state index in [-0.39, 0.29) is 39.3 Å². The van der Waals surface area contributed by atoms with Crippen LogP contribution < -0.4 is 20.9 Å². The molecule has 0 radical (unpaired) electrons. The lowest BCUT2D eigenvalue weighted by molar-refractivity contribution is 0.0901. The average molecular weight is 642 g/mol. The van der Waals surface area contributed by atoms with Crippen LogP contribution in [0.5, 0.6) is 5.88 Å². The Morgan fingerprint density at radius 2 is 1.84 bits per heavy atom. The highest BCUT2D eigenvalue weighted by molar-refractivity contribution is 6.39. The molecular weight excluding hydrogens is 610 g/mol. The van der Waals surface area contributed by atoms with Crippen molar-refractivity contribution < 1.29 is 19.0 Å². The lowest BCUT2D eigenvalue weighted by atomic mass is 9.92. The molecule has 10 nitrogen and oxygen atoms in total. The van der Waals surface area contributed by atoms with Gasteiger partial charge in [0.2, 0.25) is 5.88 Å². The van der Waals surface area contributed by atoms with Gasteiger partial charge in [0, 0.05) is 41.9 Å². The molecule has 0 spiro atoms. The Bertz CT molecular complexity index is 1780. The number of aliphatic hydroxyl groups is 1. The molecule has 5 rings (SSSR count). The van der Waals surface area contributed by atoms with Crippen molar-refractivity contribution >= 4 is 34.8 Å². The van der Waals surface area contributed by atoms with E-state index < -0.39 is 23.0 Å². The van der Waals surface area contributed by atoms with Crippen LogP contribution in [0.1, 0.15) is 47.6 Å². The van der Waals surface area contributed by atoms with E-state index in [1.165, 1.54) is 27.1 Å². The van der Waals surface area contributed by atoms with Gasteiger partial charge in [-0.1, -0.05) is 60.3 Å². The Kier molecular flexibility index (Phi) is 9.59. The van der Waals surface area contributed by atoms with E-state index in [1.54, 1.807) is 18.2 Å². The van der Waals surface area contributed by atoms with Crippen molar-refractivity contribution in [2.24, 2.45) is 7.05 Å². The van der Waals surface area contributed by atoms with Gasteiger partial charge in [0.1, 0.15) is 11.6 Å². The fraction of sp³-hybridized carbons (Fsp3) is 0.323. The smallest absolute Gasteiger partial charge is 0.298 e. The molecule has 2 aromatic carbocycles. The van der Waals surface area contributed by atoms with Crippen LogP contribution in [-0.4, -0.2) is 50.0 Å². The summed E-state index contributed by atoms with van der Waals surface area (Å²) in [6.07, 6.45) is 3.41. The second-order valence-electron chi connectivity index (χ2n) is 10.6. The zero-order valence-corrected chi connectivity index (χ0v) is 25.8. The van der Waals surface area contributed by atoms with Crippen LogP contribution in [0.15, 0.2) is 47.3 Å². The number of hydrogen-bond acceptors (Lipinski definition) is 8. The van der Waals surface area contributed by atoms with Gasteiger partial charge in [0.25, 0.3) is 11.5 Å². The maximum Gasteiger partial charge on any atom is 0.298 e. The number of aryl methyl sites for hydroxylation is 2. The SMILES string of the molecule is COc1nc(-c2cccc(-c3cc(F)cc(NC(=O)c4nc(C)nn(C)c4=O)c3Cl)c2Cl)ccc1CNC1CCCC[C@@H]1O. The molecule has 1 aliphatic carbocycles. The number of amides is 1. The summed E-state index contributed by atoms with van der Waals surface area (Å²) >= 11 is 13.6. The van der Waals surface area contributed by atoms with E-state index in [0.29, 0.717) is 29.2 Å². The lowest BCUT2D eigenvalue weighted by Crippen LogP contribution is -2.41. The van der Waals surface area contributed by atoms with Crippen molar-refractivity contribution in [2.45, 2.75) is 51.3 Å². The zero-order valence-electron chi connectivity index (χ0n) is 24.3. The van der Waals surface area contributed by atoms with Crippen molar-refractivity contribution in [3.8, 4) is 28.3 Å². The monoisotopic (exact) mass is 640 g/mol. The number of carbonyl (C=O) groups excluding carboxylic acids is 1. The second kappa shape index (κ2) is 13.4. The van der Waals surface area contributed by atoms with Crippen LogP contribution in [0.4, 0.5) is 10.1 Å². The highest BCUT2D eigenvalue weighted by Crippen LogP contribution is 2.42. The van der Waals surface area contributed by atoms with Crippen LogP contribution in [0.3, 0.4) is 0 Å². The number of halogens is 3. The summed E-state index contributed by atoms with van der Waals surface area (Å²) in [5.74, 6) is -0.933. The van der Waals surface area contributed by atoms with Crippen molar-refractivity contribution in [3.63, 3.8) is 0 Å².